The molecule has 1 aromatic carbocycles. The summed E-state index contributed by atoms with van der Waals surface area (Å²) in [6.45, 7) is 2.61. The minimum Gasteiger partial charge on any atom is -0.469 e. The van der Waals surface area contributed by atoms with E-state index in [0.29, 0.717) is 19.4 Å². The lowest BCUT2D eigenvalue weighted by molar-refractivity contribution is -0.184. The molecule has 0 radical (unpaired) electrons. The normalized spacial score (nSPS) is 11.7. The number of benzene rings is 1. The zero-order valence-electron chi connectivity index (χ0n) is 13.4. The smallest absolute Gasteiger partial charge is 0.310 e. The first-order valence-corrected chi connectivity index (χ1v) is 7.67. The molecule has 0 heterocycles. The van der Waals surface area contributed by atoms with E-state index in [1.54, 1.807) is 0 Å². The Morgan fingerprint density at radius 2 is 2.00 bits per heavy atom. The van der Waals surface area contributed by atoms with Crippen LogP contribution in [0.25, 0.3) is 0 Å². The molecule has 1 aromatic rings. The minimum atomic E-state index is -0.350. The first-order chi connectivity index (χ1) is 10.7. The zero-order chi connectivity index (χ0) is 16.2. The summed E-state index contributed by atoms with van der Waals surface area (Å²) in [6, 6.07) is 9.57. The molecule has 0 spiro atoms. The monoisotopic (exact) mass is 307 g/mol. The van der Waals surface area contributed by atoms with Crippen molar-refractivity contribution < 1.29 is 19.2 Å². The zero-order valence-corrected chi connectivity index (χ0v) is 13.4. The van der Waals surface area contributed by atoms with E-state index in [1.807, 2.05) is 30.3 Å². The van der Waals surface area contributed by atoms with Crippen LogP contribution in [0.15, 0.2) is 30.3 Å². The molecule has 0 aliphatic rings. The number of amides is 1. The van der Waals surface area contributed by atoms with Crippen LogP contribution in [0.4, 0.5) is 0 Å². The van der Waals surface area contributed by atoms with Crippen molar-refractivity contribution in [2.24, 2.45) is 5.92 Å². The standard InChI is InChI=1S/C17H25NO4/c1-3-4-6-11-16(17(20)21-2)12-18(14-19)22-13-15-9-7-5-8-10-15/h5,7-10,14,16H,3-4,6,11-13H2,1-2H3. The molecular formula is C17H25NO4. The van der Waals surface area contributed by atoms with Crippen LogP contribution < -0.4 is 0 Å². The number of hydrogen-bond acceptors (Lipinski definition) is 4. The van der Waals surface area contributed by atoms with Crippen molar-refractivity contribution in [3.8, 4) is 0 Å². The number of hydroxylamine groups is 2. The lowest BCUT2D eigenvalue weighted by Gasteiger charge is -2.22. The molecule has 0 fully saturated rings. The largest absolute Gasteiger partial charge is 0.469 e. The van der Waals surface area contributed by atoms with E-state index in [1.165, 1.54) is 12.2 Å². The molecule has 0 aliphatic heterocycles. The number of carbonyl (C=O) groups is 2. The molecule has 1 rings (SSSR count). The predicted molar refractivity (Wildman–Crippen MR) is 83.6 cm³/mol. The SMILES string of the molecule is CCCCCC(CN(C=O)OCc1ccccc1)C(=O)OC. The van der Waals surface area contributed by atoms with E-state index in [4.69, 9.17) is 9.57 Å². The number of esters is 1. The number of hydrogen-bond donors (Lipinski definition) is 0. The molecule has 0 N–H and O–H groups in total. The lowest BCUT2D eigenvalue weighted by Crippen LogP contribution is -2.33. The Labute approximate surface area is 132 Å². The van der Waals surface area contributed by atoms with Crippen molar-refractivity contribution >= 4 is 12.4 Å². The highest BCUT2D eigenvalue weighted by Gasteiger charge is 2.22. The van der Waals surface area contributed by atoms with Crippen LogP contribution in [0.1, 0.15) is 38.2 Å². The Kier molecular flexibility index (Phi) is 8.91. The predicted octanol–water partition coefficient (Wildman–Crippen LogP) is 2.95. The Balaban J connectivity index is 2.51. The lowest BCUT2D eigenvalue weighted by atomic mass is 10.0. The summed E-state index contributed by atoms with van der Waals surface area (Å²) in [4.78, 5) is 28.4. The van der Waals surface area contributed by atoms with Crippen molar-refractivity contribution in [1.29, 1.82) is 0 Å². The van der Waals surface area contributed by atoms with Crippen LogP contribution in [0, 0.1) is 5.92 Å². The summed E-state index contributed by atoms with van der Waals surface area (Å²) in [5.74, 6) is -0.649. The first kappa shape index (κ1) is 18.2. The second-order valence-corrected chi connectivity index (χ2v) is 5.18. The van der Waals surface area contributed by atoms with Gasteiger partial charge in [-0.1, -0.05) is 56.5 Å². The maximum atomic E-state index is 11.8. The molecule has 5 nitrogen and oxygen atoms in total. The van der Waals surface area contributed by atoms with Gasteiger partial charge in [0.05, 0.1) is 19.6 Å². The molecule has 1 amide bonds. The van der Waals surface area contributed by atoms with Gasteiger partial charge in [-0.15, -0.1) is 0 Å². The summed E-state index contributed by atoms with van der Waals surface area (Å²) in [5.41, 5.74) is 0.968. The van der Waals surface area contributed by atoms with Crippen LogP contribution >= 0.6 is 0 Å². The molecule has 0 aromatic heterocycles. The van der Waals surface area contributed by atoms with Crippen LogP contribution in [0.5, 0.6) is 0 Å². The molecular weight excluding hydrogens is 282 g/mol. The van der Waals surface area contributed by atoms with E-state index < -0.39 is 0 Å². The van der Waals surface area contributed by atoms with Gasteiger partial charge in [0.15, 0.2) is 0 Å². The molecule has 1 atom stereocenters. The summed E-state index contributed by atoms with van der Waals surface area (Å²) in [5, 5.41) is 1.18. The van der Waals surface area contributed by atoms with E-state index in [0.717, 1.165) is 24.8 Å². The van der Waals surface area contributed by atoms with Gasteiger partial charge < -0.3 is 4.74 Å². The van der Waals surface area contributed by atoms with Crippen LogP contribution in [-0.2, 0) is 25.8 Å². The summed E-state index contributed by atoms with van der Waals surface area (Å²) in [7, 11) is 1.37. The van der Waals surface area contributed by atoms with Crippen molar-refractivity contribution in [1.82, 2.24) is 5.06 Å². The number of ether oxygens (including phenoxy) is 1. The Hall–Kier alpha value is -1.88. The van der Waals surface area contributed by atoms with Gasteiger partial charge in [-0.05, 0) is 12.0 Å². The Morgan fingerprint density at radius 1 is 1.27 bits per heavy atom. The summed E-state index contributed by atoms with van der Waals surface area (Å²) in [6.07, 6.45) is 4.37. The van der Waals surface area contributed by atoms with Gasteiger partial charge in [-0.3, -0.25) is 14.4 Å². The van der Waals surface area contributed by atoms with Gasteiger partial charge in [0.2, 0.25) is 6.41 Å². The number of unbranched alkanes of at least 4 members (excludes halogenated alkanes) is 2. The van der Waals surface area contributed by atoms with Crippen LogP contribution in [0.3, 0.4) is 0 Å². The quantitative estimate of drug-likeness (QED) is 0.273. The van der Waals surface area contributed by atoms with Gasteiger partial charge in [0, 0.05) is 0 Å². The molecule has 1 unspecified atom stereocenters. The van der Waals surface area contributed by atoms with Crippen molar-refractivity contribution in [3.63, 3.8) is 0 Å². The average Bonchev–Trinajstić information content (AvgIpc) is 2.57. The molecule has 0 saturated carbocycles. The molecule has 0 bridgehead atoms. The topological polar surface area (TPSA) is 55.8 Å². The third-order valence-corrected chi connectivity index (χ3v) is 3.45. The maximum Gasteiger partial charge on any atom is 0.310 e. The molecule has 0 saturated heterocycles. The Bertz CT molecular complexity index is 436. The molecule has 22 heavy (non-hydrogen) atoms. The Morgan fingerprint density at radius 3 is 2.59 bits per heavy atom. The average molecular weight is 307 g/mol. The van der Waals surface area contributed by atoms with Crippen molar-refractivity contribution in [2.75, 3.05) is 13.7 Å². The van der Waals surface area contributed by atoms with Crippen molar-refractivity contribution in [3.05, 3.63) is 35.9 Å². The van der Waals surface area contributed by atoms with Crippen LogP contribution in [-0.4, -0.2) is 31.1 Å². The van der Waals surface area contributed by atoms with Crippen LogP contribution in [0.2, 0.25) is 0 Å². The van der Waals surface area contributed by atoms with Crippen molar-refractivity contribution in [2.45, 2.75) is 39.2 Å². The summed E-state index contributed by atoms with van der Waals surface area (Å²) < 4.78 is 4.81. The number of nitrogens with zero attached hydrogens (tertiary/aromatic N) is 1. The highest BCUT2D eigenvalue weighted by atomic mass is 16.7. The second-order valence-electron chi connectivity index (χ2n) is 5.18. The highest BCUT2D eigenvalue weighted by molar-refractivity contribution is 5.72. The number of carbonyl (C=O) groups excluding carboxylic acids is 2. The molecule has 5 heteroatoms. The van der Waals surface area contributed by atoms with Gasteiger partial charge >= 0.3 is 5.97 Å². The van der Waals surface area contributed by atoms with Gasteiger partial charge in [-0.25, -0.2) is 5.06 Å². The molecule has 0 aliphatic carbocycles. The van der Waals surface area contributed by atoms with E-state index >= 15 is 0 Å². The number of rotatable bonds is 11. The fraction of sp³-hybridized carbons (Fsp3) is 0.529. The van der Waals surface area contributed by atoms with Gasteiger partial charge in [-0.2, -0.15) is 0 Å². The third kappa shape index (κ3) is 6.72. The van der Waals surface area contributed by atoms with E-state index in [9.17, 15) is 9.59 Å². The fourth-order valence-corrected chi connectivity index (χ4v) is 2.17. The minimum absolute atomic E-state index is 0.215. The van der Waals surface area contributed by atoms with Gasteiger partial charge in [0.25, 0.3) is 0 Å². The summed E-state index contributed by atoms with van der Waals surface area (Å²) >= 11 is 0. The van der Waals surface area contributed by atoms with E-state index in [-0.39, 0.29) is 18.4 Å². The molecule has 122 valence electrons. The van der Waals surface area contributed by atoms with Gasteiger partial charge in [0.1, 0.15) is 6.61 Å². The number of methoxy groups -OCH3 is 1. The first-order valence-electron chi connectivity index (χ1n) is 7.67. The fourth-order valence-electron chi connectivity index (χ4n) is 2.17. The maximum absolute atomic E-state index is 11.8. The highest BCUT2D eigenvalue weighted by Crippen LogP contribution is 2.14. The third-order valence-electron chi connectivity index (χ3n) is 3.45. The van der Waals surface area contributed by atoms with E-state index in [2.05, 4.69) is 6.92 Å². The second kappa shape index (κ2) is 10.8.